The molecule has 1 aromatic carbocycles. The van der Waals surface area contributed by atoms with Gasteiger partial charge in [0.15, 0.2) is 5.78 Å². The van der Waals surface area contributed by atoms with E-state index in [0.29, 0.717) is 0 Å². The third kappa shape index (κ3) is 1.67. The van der Waals surface area contributed by atoms with Crippen molar-refractivity contribution in [2.45, 2.75) is 6.92 Å². The van der Waals surface area contributed by atoms with E-state index in [-0.39, 0.29) is 28.4 Å². The minimum atomic E-state index is -0.282. The smallest absolute Gasteiger partial charge is 0.161 e. The number of Topliss-reactive ketones (excluding diaryl/α,β-unsaturated/α-hetero) is 1. The molecule has 72 valence electrons. The first-order valence-electron chi connectivity index (χ1n) is 3.92. The fourth-order valence-corrected chi connectivity index (χ4v) is 1.15. The lowest BCUT2D eigenvalue weighted by Crippen LogP contribution is -1.99. The van der Waals surface area contributed by atoms with Crippen molar-refractivity contribution in [2.24, 2.45) is 0 Å². The molecule has 0 aliphatic carbocycles. The van der Waals surface area contributed by atoms with Crippen LogP contribution in [0, 0.1) is 11.3 Å². The van der Waals surface area contributed by atoms with Crippen molar-refractivity contribution in [3.05, 3.63) is 23.3 Å². The maximum atomic E-state index is 11.1. The zero-order chi connectivity index (χ0) is 10.7. The monoisotopic (exact) mass is 191 g/mol. The molecule has 4 nitrogen and oxygen atoms in total. The highest BCUT2D eigenvalue weighted by molar-refractivity contribution is 5.97. The maximum Gasteiger partial charge on any atom is 0.161 e. The number of nitrogens with zero attached hydrogens (tertiary/aromatic N) is 1. The molecule has 0 aliphatic rings. The number of hydrogen-bond donors (Lipinski definition) is 1. The Hall–Kier alpha value is -2.02. The number of rotatable bonds is 2. The predicted molar refractivity (Wildman–Crippen MR) is 49.4 cm³/mol. The molecule has 0 bridgehead atoms. The van der Waals surface area contributed by atoms with Crippen LogP contribution in [0.2, 0.25) is 0 Å². The number of ketones is 1. The molecular formula is C10H9NO3. The molecule has 14 heavy (non-hydrogen) atoms. The highest BCUT2D eigenvalue weighted by atomic mass is 16.5. The molecular weight excluding hydrogens is 182 g/mol. The van der Waals surface area contributed by atoms with Crippen LogP contribution in [-0.4, -0.2) is 18.0 Å². The van der Waals surface area contributed by atoms with Crippen molar-refractivity contribution >= 4 is 5.78 Å². The van der Waals surface area contributed by atoms with Crippen molar-refractivity contribution in [2.75, 3.05) is 7.11 Å². The SMILES string of the molecule is COc1cc(O)cc(C(C)=O)c1C#N. The van der Waals surface area contributed by atoms with Crippen LogP contribution in [0.3, 0.4) is 0 Å². The number of carbonyl (C=O) groups is 1. The molecule has 0 aliphatic heterocycles. The van der Waals surface area contributed by atoms with Gasteiger partial charge in [0.05, 0.1) is 7.11 Å². The summed E-state index contributed by atoms with van der Waals surface area (Å²) in [4.78, 5) is 11.1. The van der Waals surface area contributed by atoms with Gasteiger partial charge in [0.1, 0.15) is 23.1 Å². The largest absolute Gasteiger partial charge is 0.508 e. The van der Waals surface area contributed by atoms with E-state index in [9.17, 15) is 9.90 Å². The number of methoxy groups -OCH3 is 1. The van der Waals surface area contributed by atoms with Crippen molar-refractivity contribution in [1.29, 1.82) is 5.26 Å². The second-order valence-electron chi connectivity index (χ2n) is 2.74. The van der Waals surface area contributed by atoms with E-state index in [0.717, 1.165) is 0 Å². The Morgan fingerprint density at radius 2 is 2.21 bits per heavy atom. The van der Waals surface area contributed by atoms with Crippen LogP contribution < -0.4 is 4.74 Å². The molecule has 0 aromatic heterocycles. The molecule has 0 saturated heterocycles. The fraction of sp³-hybridized carbons (Fsp3) is 0.200. The minimum Gasteiger partial charge on any atom is -0.508 e. The van der Waals surface area contributed by atoms with Gasteiger partial charge < -0.3 is 9.84 Å². The number of ether oxygens (including phenoxy) is 1. The van der Waals surface area contributed by atoms with Crippen molar-refractivity contribution in [3.63, 3.8) is 0 Å². The van der Waals surface area contributed by atoms with Crippen molar-refractivity contribution in [3.8, 4) is 17.6 Å². The Labute approximate surface area is 81.4 Å². The fourth-order valence-electron chi connectivity index (χ4n) is 1.15. The number of hydrogen-bond acceptors (Lipinski definition) is 4. The molecule has 1 N–H and O–H groups in total. The van der Waals surface area contributed by atoms with Crippen LogP contribution >= 0.6 is 0 Å². The first-order chi connectivity index (χ1) is 6.60. The lowest BCUT2D eigenvalue weighted by Gasteiger charge is -2.06. The second kappa shape index (κ2) is 3.79. The van der Waals surface area contributed by atoms with E-state index < -0.39 is 0 Å². The van der Waals surface area contributed by atoms with Gasteiger partial charge in [0.25, 0.3) is 0 Å². The summed E-state index contributed by atoms with van der Waals surface area (Å²) in [7, 11) is 1.37. The normalized spacial score (nSPS) is 9.21. The Morgan fingerprint density at radius 3 is 2.64 bits per heavy atom. The molecule has 4 heteroatoms. The number of phenols is 1. The van der Waals surface area contributed by atoms with Gasteiger partial charge in [-0.15, -0.1) is 0 Å². The first-order valence-corrected chi connectivity index (χ1v) is 3.92. The van der Waals surface area contributed by atoms with Crippen LogP contribution in [0.5, 0.6) is 11.5 Å². The third-order valence-electron chi connectivity index (χ3n) is 1.80. The van der Waals surface area contributed by atoms with Crippen LogP contribution in [0.25, 0.3) is 0 Å². The molecule has 1 aromatic rings. The van der Waals surface area contributed by atoms with Gasteiger partial charge >= 0.3 is 0 Å². The van der Waals surface area contributed by atoms with Crippen LogP contribution in [0.15, 0.2) is 12.1 Å². The van der Waals surface area contributed by atoms with Crippen LogP contribution in [0.1, 0.15) is 22.8 Å². The average Bonchev–Trinajstić information content (AvgIpc) is 2.16. The van der Waals surface area contributed by atoms with Gasteiger partial charge in [0, 0.05) is 11.6 Å². The van der Waals surface area contributed by atoms with Gasteiger partial charge in [0.2, 0.25) is 0 Å². The number of nitriles is 1. The van der Waals surface area contributed by atoms with E-state index in [4.69, 9.17) is 10.00 Å². The molecule has 0 atom stereocenters. The molecule has 0 heterocycles. The zero-order valence-corrected chi connectivity index (χ0v) is 7.87. The van der Waals surface area contributed by atoms with Crippen LogP contribution in [-0.2, 0) is 0 Å². The lowest BCUT2D eigenvalue weighted by atomic mass is 10.0. The molecule has 1 rings (SSSR count). The first kappa shape index (κ1) is 10.1. The van der Waals surface area contributed by atoms with Crippen molar-refractivity contribution in [1.82, 2.24) is 0 Å². The summed E-state index contributed by atoms with van der Waals surface area (Å²) < 4.78 is 4.87. The summed E-state index contributed by atoms with van der Waals surface area (Å²) in [6.45, 7) is 1.33. The number of benzene rings is 1. The Kier molecular flexibility index (Phi) is 2.73. The summed E-state index contributed by atoms with van der Waals surface area (Å²) in [5.74, 6) is -0.167. The van der Waals surface area contributed by atoms with Gasteiger partial charge in [-0.1, -0.05) is 0 Å². The second-order valence-corrected chi connectivity index (χ2v) is 2.74. The van der Waals surface area contributed by atoms with Gasteiger partial charge in [-0.3, -0.25) is 4.79 Å². The zero-order valence-electron chi connectivity index (χ0n) is 7.87. The third-order valence-corrected chi connectivity index (χ3v) is 1.80. The van der Waals surface area contributed by atoms with E-state index in [1.807, 2.05) is 6.07 Å². The molecule has 0 unspecified atom stereocenters. The highest BCUT2D eigenvalue weighted by Gasteiger charge is 2.14. The number of aromatic hydroxyl groups is 1. The average molecular weight is 191 g/mol. The summed E-state index contributed by atoms with van der Waals surface area (Å²) in [6, 6.07) is 4.42. The van der Waals surface area contributed by atoms with E-state index in [1.54, 1.807) is 0 Å². The van der Waals surface area contributed by atoms with E-state index >= 15 is 0 Å². The number of phenolic OH excluding ortho intramolecular Hbond substituents is 1. The standard InChI is InChI=1S/C10H9NO3/c1-6(12)8-3-7(13)4-10(14-2)9(8)5-11/h3-4,13H,1-2H3. The van der Waals surface area contributed by atoms with E-state index in [1.165, 1.54) is 26.2 Å². The van der Waals surface area contributed by atoms with E-state index in [2.05, 4.69) is 0 Å². The quantitative estimate of drug-likeness (QED) is 0.718. The molecule has 0 fully saturated rings. The molecule has 0 amide bonds. The molecule has 0 radical (unpaired) electrons. The molecule has 0 spiro atoms. The summed E-state index contributed by atoms with van der Waals surface area (Å²) >= 11 is 0. The predicted octanol–water partition coefficient (Wildman–Crippen LogP) is 1.48. The Morgan fingerprint density at radius 1 is 1.57 bits per heavy atom. The minimum absolute atomic E-state index is 0.0916. The highest BCUT2D eigenvalue weighted by Crippen LogP contribution is 2.27. The van der Waals surface area contributed by atoms with Gasteiger partial charge in [-0.05, 0) is 13.0 Å². The maximum absolute atomic E-state index is 11.1. The van der Waals surface area contributed by atoms with Gasteiger partial charge in [-0.2, -0.15) is 5.26 Å². The topological polar surface area (TPSA) is 70.3 Å². The van der Waals surface area contributed by atoms with Crippen molar-refractivity contribution < 1.29 is 14.6 Å². The summed E-state index contributed by atoms with van der Waals surface area (Å²) in [6.07, 6.45) is 0. The summed E-state index contributed by atoms with van der Waals surface area (Å²) in [5, 5.41) is 18.1. The lowest BCUT2D eigenvalue weighted by molar-refractivity contribution is 0.101. The van der Waals surface area contributed by atoms with Crippen LogP contribution in [0.4, 0.5) is 0 Å². The van der Waals surface area contributed by atoms with Gasteiger partial charge in [-0.25, -0.2) is 0 Å². The summed E-state index contributed by atoms with van der Waals surface area (Å²) in [5.41, 5.74) is 0.321. The number of carbonyl (C=O) groups excluding carboxylic acids is 1. The Bertz CT molecular complexity index is 418. The molecule has 0 saturated carbocycles. The Balaban J connectivity index is 3.49.